The van der Waals surface area contributed by atoms with E-state index < -0.39 is 21.9 Å². The lowest BCUT2D eigenvalue weighted by Gasteiger charge is -2.18. The van der Waals surface area contributed by atoms with Crippen LogP contribution in [0.2, 0.25) is 0 Å². The third-order valence-electron chi connectivity index (χ3n) is 4.73. The summed E-state index contributed by atoms with van der Waals surface area (Å²) in [4.78, 5) is 13.7. The number of carboxylic acids is 1. The number of hydrogen-bond acceptors (Lipinski definition) is 4. The van der Waals surface area contributed by atoms with Gasteiger partial charge in [-0.25, -0.2) is 12.7 Å². The molecule has 0 amide bonds. The predicted molar refractivity (Wildman–Crippen MR) is 93.6 cm³/mol. The summed E-state index contributed by atoms with van der Waals surface area (Å²) in [7, 11) is -0.147. The third kappa shape index (κ3) is 4.34. The van der Waals surface area contributed by atoms with E-state index in [2.05, 4.69) is 4.90 Å². The summed E-state index contributed by atoms with van der Waals surface area (Å²) in [5, 5.41) is 9.55. The van der Waals surface area contributed by atoms with Crippen molar-refractivity contribution in [3.05, 3.63) is 35.4 Å². The maximum absolute atomic E-state index is 11.8. The zero-order valence-electron chi connectivity index (χ0n) is 14.5. The molecule has 0 bridgehead atoms. The van der Waals surface area contributed by atoms with Crippen LogP contribution in [-0.4, -0.2) is 68.2 Å². The quantitative estimate of drug-likeness (QED) is 0.800. The Bertz CT molecular complexity index is 688. The smallest absolute Gasteiger partial charge is 0.308 e. The highest BCUT2D eigenvalue weighted by Gasteiger charge is 2.38. The number of likely N-dealkylation sites (tertiary alicyclic amines) is 1. The number of rotatable bonds is 7. The summed E-state index contributed by atoms with van der Waals surface area (Å²) in [6.45, 7) is 3.72. The van der Waals surface area contributed by atoms with E-state index >= 15 is 0 Å². The number of nitrogens with zero attached hydrogens (tertiary/aromatic N) is 2. The van der Waals surface area contributed by atoms with E-state index in [1.807, 2.05) is 31.2 Å². The van der Waals surface area contributed by atoms with E-state index in [0.717, 1.165) is 11.1 Å². The third-order valence-corrected chi connectivity index (χ3v) is 6.65. The predicted octanol–water partition coefficient (Wildman–Crippen LogP) is 1.38. The molecular formula is C17H26N2O4S. The van der Waals surface area contributed by atoms with Gasteiger partial charge in [-0.15, -0.1) is 0 Å². The molecule has 0 unspecified atom stereocenters. The van der Waals surface area contributed by atoms with Crippen LogP contribution in [0.4, 0.5) is 0 Å². The van der Waals surface area contributed by atoms with Gasteiger partial charge in [-0.2, -0.15) is 0 Å². The van der Waals surface area contributed by atoms with E-state index in [9.17, 15) is 18.3 Å². The Morgan fingerprint density at radius 3 is 2.54 bits per heavy atom. The van der Waals surface area contributed by atoms with Crippen molar-refractivity contribution in [2.75, 3.05) is 39.5 Å². The Morgan fingerprint density at radius 2 is 1.96 bits per heavy atom. The minimum atomic E-state index is -3.20. The van der Waals surface area contributed by atoms with Crippen LogP contribution < -0.4 is 0 Å². The SMILES string of the molecule is Cc1ccccc1[C@H]1CN(CCCS(=O)(=O)N(C)C)C[C@@H]1C(=O)O. The lowest BCUT2D eigenvalue weighted by Crippen LogP contribution is -2.29. The topological polar surface area (TPSA) is 77.9 Å². The number of sulfonamides is 1. The van der Waals surface area contributed by atoms with Gasteiger partial charge in [0.1, 0.15) is 0 Å². The number of carboxylic acid groups (broad SMARTS) is 1. The molecule has 2 atom stereocenters. The highest BCUT2D eigenvalue weighted by Crippen LogP contribution is 2.34. The largest absolute Gasteiger partial charge is 0.481 e. The van der Waals surface area contributed by atoms with Gasteiger partial charge in [0.05, 0.1) is 11.7 Å². The van der Waals surface area contributed by atoms with E-state index in [1.165, 1.54) is 18.4 Å². The minimum Gasteiger partial charge on any atom is -0.481 e. The molecule has 1 aliphatic rings. The molecule has 0 aliphatic carbocycles. The molecule has 1 aromatic carbocycles. The second-order valence-electron chi connectivity index (χ2n) is 6.62. The first-order valence-electron chi connectivity index (χ1n) is 8.13. The first kappa shape index (κ1) is 18.9. The van der Waals surface area contributed by atoms with Crippen LogP contribution in [-0.2, 0) is 14.8 Å². The molecule has 1 N–H and O–H groups in total. The van der Waals surface area contributed by atoms with Gasteiger partial charge < -0.3 is 10.0 Å². The molecule has 0 saturated carbocycles. The van der Waals surface area contributed by atoms with Gasteiger partial charge in [0.2, 0.25) is 10.0 Å². The summed E-state index contributed by atoms with van der Waals surface area (Å²) >= 11 is 0. The highest BCUT2D eigenvalue weighted by molar-refractivity contribution is 7.89. The molecule has 2 rings (SSSR count). The van der Waals surface area contributed by atoms with Crippen LogP contribution in [0, 0.1) is 12.8 Å². The first-order chi connectivity index (χ1) is 11.2. The fourth-order valence-electron chi connectivity index (χ4n) is 3.29. The average Bonchev–Trinajstić information content (AvgIpc) is 2.91. The van der Waals surface area contributed by atoms with Gasteiger partial charge >= 0.3 is 5.97 Å². The zero-order valence-corrected chi connectivity index (χ0v) is 15.3. The normalized spacial score (nSPS) is 22.2. The van der Waals surface area contributed by atoms with Gasteiger partial charge in [0, 0.05) is 33.1 Å². The first-order valence-corrected chi connectivity index (χ1v) is 9.74. The zero-order chi connectivity index (χ0) is 17.9. The van der Waals surface area contributed by atoms with E-state index in [4.69, 9.17) is 0 Å². The van der Waals surface area contributed by atoms with Crippen LogP contribution in [0.3, 0.4) is 0 Å². The fourth-order valence-corrected chi connectivity index (χ4v) is 4.15. The summed E-state index contributed by atoms with van der Waals surface area (Å²) in [6, 6.07) is 7.89. The van der Waals surface area contributed by atoms with Crippen molar-refractivity contribution in [3.8, 4) is 0 Å². The maximum atomic E-state index is 11.8. The Kier molecular flexibility index (Phi) is 6.01. The summed E-state index contributed by atoms with van der Waals surface area (Å²) in [5.74, 6) is -1.19. The number of aryl methyl sites for hydroxylation is 1. The number of hydrogen-bond donors (Lipinski definition) is 1. The van der Waals surface area contributed by atoms with Gasteiger partial charge in [0.15, 0.2) is 0 Å². The van der Waals surface area contributed by atoms with Crippen LogP contribution in [0.1, 0.15) is 23.5 Å². The van der Waals surface area contributed by atoms with Crippen molar-refractivity contribution >= 4 is 16.0 Å². The number of benzene rings is 1. The molecule has 1 aromatic rings. The Hall–Kier alpha value is -1.44. The van der Waals surface area contributed by atoms with Crippen molar-refractivity contribution in [1.29, 1.82) is 0 Å². The lowest BCUT2D eigenvalue weighted by atomic mass is 9.86. The molecule has 0 spiro atoms. The monoisotopic (exact) mass is 354 g/mol. The molecule has 24 heavy (non-hydrogen) atoms. The number of aliphatic carboxylic acids is 1. The van der Waals surface area contributed by atoms with Gasteiger partial charge in [-0.3, -0.25) is 4.79 Å². The van der Waals surface area contributed by atoms with E-state index in [0.29, 0.717) is 26.1 Å². The van der Waals surface area contributed by atoms with Crippen LogP contribution in [0.25, 0.3) is 0 Å². The molecule has 0 aromatic heterocycles. The maximum Gasteiger partial charge on any atom is 0.308 e. The average molecular weight is 354 g/mol. The van der Waals surface area contributed by atoms with Gasteiger partial charge in [0.25, 0.3) is 0 Å². The van der Waals surface area contributed by atoms with Crippen molar-refractivity contribution in [2.24, 2.45) is 5.92 Å². The highest BCUT2D eigenvalue weighted by atomic mass is 32.2. The Morgan fingerprint density at radius 1 is 1.29 bits per heavy atom. The molecule has 7 heteroatoms. The van der Waals surface area contributed by atoms with Crippen molar-refractivity contribution < 1.29 is 18.3 Å². The Balaban J connectivity index is 2.03. The molecule has 6 nitrogen and oxygen atoms in total. The molecular weight excluding hydrogens is 328 g/mol. The van der Waals surface area contributed by atoms with Gasteiger partial charge in [-0.1, -0.05) is 24.3 Å². The molecule has 1 aliphatic heterocycles. The molecule has 1 saturated heterocycles. The van der Waals surface area contributed by atoms with Crippen LogP contribution in [0.5, 0.6) is 0 Å². The molecule has 134 valence electrons. The lowest BCUT2D eigenvalue weighted by molar-refractivity contribution is -0.141. The number of carbonyl (C=O) groups is 1. The minimum absolute atomic E-state index is 0.0471. The molecule has 0 radical (unpaired) electrons. The van der Waals surface area contributed by atoms with Crippen LogP contribution in [0.15, 0.2) is 24.3 Å². The van der Waals surface area contributed by atoms with Crippen molar-refractivity contribution in [1.82, 2.24) is 9.21 Å². The summed E-state index contributed by atoms with van der Waals surface area (Å²) in [5.41, 5.74) is 2.18. The van der Waals surface area contributed by atoms with Crippen molar-refractivity contribution in [3.63, 3.8) is 0 Å². The van der Waals surface area contributed by atoms with Crippen molar-refractivity contribution in [2.45, 2.75) is 19.3 Å². The molecule has 1 heterocycles. The van der Waals surface area contributed by atoms with Gasteiger partial charge in [-0.05, 0) is 31.0 Å². The molecule has 1 fully saturated rings. The second kappa shape index (κ2) is 7.63. The fraction of sp³-hybridized carbons (Fsp3) is 0.588. The summed E-state index contributed by atoms with van der Waals surface area (Å²) in [6.07, 6.45) is 0.507. The summed E-state index contributed by atoms with van der Waals surface area (Å²) < 4.78 is 24.9. The second-order valence-corrected chi connectivity index (χ2v) is 8.92. The van der Waals surface area contributed by atoms with E-state index in [1.54, 1.807) is 0 Å². The Labute approximate surface area is 144 Å². The van der Waals surface area contributed by atoms with Crippen LogP contribution >= 0.6 is 0 Å². The van der Waals surface area contributed by atoms with E-state index in [-0.39, 0.29) is 11.7 Å². The standard InChI is InChI=1S/C17H26N2O4S/c1-13-7-4-5-8-14(13)15-11-19(12-16(15)17(20)21)9-6-10-24(22,23)18(2)3/h4-5,7-8,15-16H,6,9-12H2,1-3H3,(H,20,21)/t15-,16+/m1/s1.